The summed E-state index contributed by atoms with van der Waals surface area (Å²) in [5.74, 6) is -9.45. The summed E-state index contributed by atoms with van der Waals surface area (Å²) >= 11 is 6.10. The normalized spacial score (nSPS) is 31.5. The summed E-state index contributed by atoms with van der Waals surface area (Å²) < 4.78 is 0. The van der Waals surface area contributed by atoms with E-state index >= 15 is 0 Å². The third-order valence-corrected chi connectivity index (χ3v) is 7.13. The Morgan fingerprint density at radius 1 is 1.18 bits per heavy atom. The van der Waals surface area contributed by atoms with Crippen LogP contribution in [-0.2, 0) is 14.4 Å². The van der Waals surface area contributed by atoms with Crippen molar-refractivity contribution >= 4 is 34.8 Å². The number of likely N-dealkylation sites (N-methyl/N-ethyl adjacent to an activating group) is 1. The van der Waals surface area contributed by atoms with Gasteiger partial charge in [-0.2, -0.15) is 0 Å². The molecule has 0 spiro atoms. The van der Waals surface area contributed by atoms with Crippen LogP contribution in [0.2, 0.25) is 5.02 Å². The van der Waals surface area contributed by atoms with Gasteiger partial charge in [-0.05, 0) is 20.5 Å². The van der Waals surface area contributed by atoms with Crippen molar-refractivity contribution in [3.05, 3.63) is 39.1 Å². The first-order valence-corrected chi connectivity index (χ1v) is 10.2. The Bertz CT molecular complexity index is 1200. The molecule has 3 aliphatic rings. The van der Waals surface area contributed by atoms with E-state index in [0.717, 1.165) is 6.07 Å². The SMILES string of the molecule is CN(C)[C@@H]1C(=O)C(C(N)=O)=C(O)[C@@]2(O)C(=O)C3=C(O)c4c(O)cc(O)c(Cl)c4[C@@H](O)[C@H]3C[C@@H]12. The summed E-state index contributed by atoms with van der Waals surface area (Å²) in [4.78, 5) is 39.8. The van der Waals surface area contributed by atoms with Crippen molar-refractivity contribution < 1.29 is 45.0 Å². The Balaban J connectivity index is 2.04. The fourth-order valence-electron chi connectivity index (χ4n) is 5.30. The zero-order valence-corrected chi connectivity index (χ0v) is 18.2. The molecule has 1 saturated carbocycles. The van der Waals surface area contributed by atoms with E-state index in [4.69, 9.17) is 17.3 Å². The minimum Gasteiger partial charge on any atom is -0.508 e. The van der Waals surface area contributed by atoms with Crippen LogP contribution in [0.25, 0.3) is 5.76 Å². The maximum atomic E-state index is 13.6. The second-order valence-corrected chi connectivity index (χ2v) is 9.01. The highest BCUT2D eigenvalue weighted by atomic mass is 35.5. The molecular formula is C21H21ClN2O9. The van der Waals surface area contributed by atoms with Gasteiger partial charge >= 0.3 is 0 Å². The van der Waals surface area contributed by atoms with E-state index in [9.17, 15) is 45.0 Å². The Kier molecular flexibility index (Phi) is 5.02. The standard InChI is InChI=1S/C21H21ClN2O9/c1-24(2)14-6-3-5-9(18(30)21(6,33)19(31)12(17(14)29)20(23)32)16(28)10-7(25)4-8(26)13(22)11(10)15(5)27/h4-6,14-15,25-28,31,33H,3H2,1-2H3,(H2,23,32)/t5-,6-,14-,15-,21-/m0/s1. The van der Waals surface area contributed by atoms with Gasteiger partial charge in [-0.1, -0.05) is 11.6 Å². The van der Waals surface area contributed by atoms with Crippen molar-refractivity contribution in [2.75, 3.05) is 14.1 Å². The molecule has 33 heavy (non-hydrogen) atoms. The first-order chi connectivity index (χ1) is 15.3. The number of hydrogen-bond acceptors (Lipinski definition) is 10. The second-order valence-electron chi connectivity index (χ2n) is 8.63. The van der Waals surface area contributed by atoms with Gasteiger partial charge in [0.2, 0.25) is 5.78 Å². The number of primary amides is 1. The average Bonchev–Trinajstić information content (AvgIpc) is 2.70. The van der Waals surface area contributed by atoms with Crippen LogP contribution in [0.3, 0.4) is 0 Å². The number of carbonyl (C=O) groups excluding carboxylic acids is 3. The predicted molar refractivity (Wildman–Crippen MR) is 112 cm³/mol. The van der Waals surface area contributed by atoms with E-state index in [0.29, 0.717) is 0 Å². The lowest BCUT2D eigenvalue weighted by Gasteiger charge is -2.51. The Labute approximate surface area is 191 Å². The van der Waals surface area contributed by atoms with Crippen LogP contribution in [-0.4, -0.2) is 78.8 Å². The van der Waals surface area contributed by atoms with Crippen LogP contribution in [0.1, 0.15) is 23.7 Å². The number of benzene rings is 1. The number of aromatic hydroxyl groups is 2. The number of hydrogen-bond donors (Lipinski definition) is 7. The molecule has 3 aliphatic carbocycles. The van der Waals surface area contributed by atoms with Crippen LogP contribution in [0, 0.1) is 11.8 Å². The van der Waals surface area contributed by atoms with Crippen LogP contribution >= 0.6 is 11.6 Å². The summed E-state index contributed by atoms with van der Waals surface area (Å²) in [7, 11) is 2.91. The summed E-state index contributed by atoms with van der Waals surface area (Å²) in [6.45, 7) is 0. The molecule has 0 heterocycles. The summed E-state index contributed by atoms with van der Waals surface area (Å²) in [5, 5.41) is 64.0. The molecule has 1 aromatic rings. The highest BCUT2D eigenvalue weighted by Gasteiger charge is 2.65. The fourth-order valence-corrected chi connectivity index (χ4v) is 5.56. The van der Waals surface area contributed by atoms with Crippen molar-refractivity contribution in [3.8, 4) is 11.5 Å². The molecule has 1 amide bonds. The van der Waals surface area contributed by atoms with Gasteiger partial charge in [0.1, 0.15) is 28.6 Å². The molecule has 0 unspecified atom stereocenters. The molecule has 5 atom stereocenters. The van der Waals surface area contributed by atoms with E-state index in [1.165, 1.54) is 19.0 Å². The largest absolute Gasteiger partial charge is 0.508 e. The van der Waals surface area contributed by atoms with Crippen molar-refractivity contribution in [2.45, 2.75) is 24.2 Å². The van der Waals surface area contributed by atoms with E-state index in [2.05, 4.69) is 0 Å². The summed E-state index contributed by atoms with van der Waals surface area (Å²) in [5.41, 5.74) is 0.284. The highest BCUT2D eigenvalue weighted by Crippen LogP contribution is 2.57. The smallest absolute Gasteiger partial charge is 0.255 e. The van der Waals surface area contributed by atoms with Gasteiger partial charge < -0.3 is 36.4 Å². The molecule has 11 nitrogen and oxygen atoms in total. The van der Waals surface area contributed by atoms with Gasteiger partial charge in [0.05, 0.1) is 22.7 Å². The number of amides is 1. The minimum absolute atomic E-state index is 0.236. The number of fused-ring (bicyclic) bond motifs is 3. The Morgan fingerprint density at radius 3 is 2.33 bits per heavy atom. The van der Waals surface area contributed by atoms with Crippen LogP contribution in [0.4, 0.5) is 0 Å². The average molecular weight is 481 g/mol. The summed E-state index contributed by atoms with van der Waals surface area (Å²) in [6.07, 6.45) is -1.95. The van der Waals surface area contributed by atoms with Crippen LogP contribution in [0.5, 0.6) is 11.5 Å². The maximum Gasteiger partial charge on any atom is 0.255 e. The second kappa shape index (κ2) is 7.19. The quantitative estimate of drug-likeness (QED) is 0.278. The molecule has 4 rings (SSSR count). The van der Waals surface area contributed by atoms with Crippen molar-refractivity contribution in [3.63, 3.8) is 0 Å². The van der Waals surface area contributed by atoms with Crippen molar-refractivity contribution in [2.24, 2.45) is 17.6 Å². The van der Waals surface area contributed by atoms with Crippen molar-refractivity contribution in [1.82, 2.24) is 4.90 Å². The number of rotatable bonds is 2. The highest BCUT2D eigenvalue weighted by molar-refractivity contribution is 6.33. The summed E-state index contributed by atoms with van der Waals surface area (Å²) in [6, 6.07) is -0.484. The molecule has 0 radical (unpaired) electrons. The fraction of sp³-hybridized carbons (Fsp3) is 0.381. The van der Waals surface area contributed by atoms with Crippen LogP contribution in [0.15, 0.2) is 23.0 Å². The lowest BCUT2D eigenvalue weighted by Crippen LogP contribution is -2.66. The number of aliphatic hydroxyl groups excluding tert-OH is 3. The topological polar surface area (TPSA) is 202 Å². The number of carbonyl (C=O) groups is 3. The molecule has 176 valence electrons. The van der Waals surface area contributed by atoms with Gasteiger partial charge in [0.15, 0.2) is 11.4 Å². The molecule has 0 aliphatic heterocycles. The molecule has 1 aromatic carbocycles. The number of nitrogens with zero attached hydrogens (tertiary/aromatic N) is 1. The van der Waals surface area contributed by atoms with Gasteiger partial charge in [-0.3, -0.25) is 19.3 Å². The lowest BCUT2D eigenvalue weighted by molar-refractivity contribution is -0.155. The van der Waals surface area contributed by atoms with E-state index in [1.807, 2.05) is 0 Å². The van der Waals surface area contributed by atoms with Gasteiger partial charge in [-0.15, -0.1) is 0 Å². The number of halogens is 1. The first kappa shape index (κ1) is 23.1. The number of ketones is 2. The number of Topliss-reactive ketones (excluding diaryl/α,β-unsaturated/α-hetero) is 2. The van der Waals surface area contributed by atoms with Crippen molar-refractivity contribution in [1.29, 1.82) is 0 Å². The lowest BCUT2D eigenvalue weighted by atomic mass is 9.57. The minimum atomic E-state index is -2.82. The monoisotopic (exact) mass is 480 g/mol. The van der Waals surface area contributed by atoms with E-state index in [1.54, 1.807) is 0 Å². The third kappa shape index (κ3) is 2.76. The Hall–Kier alpha value is -3.12. The Morgan fingerprint density at radius 2 is 1.79 bits per heavy atom. The molecule has 0 aromatic heterocycles. The molecule has 8 N–H and O–H groups in total. The molecular weight excluding hydrogens is 460 g/mol. The van der Waals surface area contributed by atoms with Crippen LogP contribution < -0.4 is 5.73 Å². The first-order valence-electron chi connectivity index (χ1n) is 9.83. The predicted octanol–water partition coefficient (Wildman–Crippen LogP) is -0.186. The van der Waals surface area contributed by atoms with E-state index in [-0.39, 0.29) is 17.0 Å². The van der Waals surface area contributed by atoms with Gasteiger partial charge in [0.25, 0.3) is 5.91 Å². The van der Waals surface area contributed by atoms with Gasteiger partial charge in [0, 0.05) is 29.0 Å². The zero-order chi connectivity index (χ0) is 24.7. The molecule has 12 heteroatoms. The number of nitrogens with two attached hydrogens (primary N) is 1. The zero-order valence-electron chi connectivity index (χ0n) is 17.4. The third-order valence-electron chi connectivity index (χ3n) is 6.73. The molecule has 1 fully saturated rings. The maximum absolute atomic E-state index is 13.6. The number of phenolic OH excluding ortho intramolecular Hbond substituents is 2. The van der Waals surface area contributed by atoms with Gasteiger partial charge in [-0.25, -0.2) is 0 Å². The molecule has 0 bridgehead atoms. The number of aliphatic hydroxyl groups is 4. The molecule has 0 saturated heterocycles. The number of phenols is 2. The van der Waals surface area contributed by atoms with E-state index < -0.39 is 86.8 Å².